The zero-order chi connectivity index (χ0) is 24.2. The highest BCUT2D eigenvalue weighted by atomic mass is 16.7. The van der Waals surface area contributed by atoms with E-state index < -0.39 is 0 Å². The molecule has 3 aromatic carbocycles. The third-order valence-electron chi connectivity index (χ3n) is 6.23. The molecule has 2 aliphatic rings. The maximum atomic E-state index is 13.5. The Morgan fingerprint density at radius 2 is 1.53 bits per heavy atom. The molecule has 10 heteroatoms. The SMILES string of the molecule is Nc1c(C(=O)NCc2ccc3c(c2)OCO3)c2nc3ccccc3nc2n1-c1ccc2c(c1)OCO2. The number of hydrogen-bond donors (Lipinski definition) is 2. The maximum Gasteiger partial charge on any atom is 0.257 e. The maximum absolute atomic E-state index is 13.5. The smallest absolute Gasteiger partial charge is 0.257 e. The second-order valence-electron chi connectivity index (χ2n) is 8.39. The Morgan fingerprint density at radius 1 is 0.861 bits per heavy atom. The molecule has 0 aliphatic carbocycles. The van der Waals surface area contributed by atoms with Crippen LogP contribution >= 0.6 is 0 Å². The van der Waals surface area contributed by atoms with E-state index in [1.54, 1.807) is 10.6 Å². The van der Waals surface area contributed by atoms with Gasteiger partial charge >= 0.3 is 0 Å². The summed E-state index contributed by atoms with van der Waals surface area (Å²) in [6.07, 6.45) is 0. The second-order valence-corrected chi connectivity index (χ2v) is 8.39. The number of nitrogens with one attached hydrogen (secondary N) is 1. The summed E-state index contributed by atoms with van der Waals surface area (Å²) < 4.78 is 23.5. The standard InChI is InChI=1S/C26H19N5O5/c27-24-22(26(32)28-11-14-5-7-18-20(9-14)35-12-33-18)23-25(30-17-4-2-1-3-16(17)29-23)31(24)15-6-8-19-21(10-15)36-13-34-19/h1-10H,11-13,27H2,(H,28,32). The van der Waals surface area contributed by atoms with Gasteiger partial charge in [0.1, 0.15) is 16.9 Å². The molecule has 7 rings (SSSR count). The quantitative estimate of drug-likeness (QED) is 0.400. The van der Waals surface area contributed by atoms with Crippen LogP contribution in [0.2, 0.25) is 0 Å². The second kappa shape index (κ2) is 7.77. The van der Waals surface area contributed by atoms with Crippen molar-refractivity contribution in [2.24, 2.45) is 0 Å². The number of nitrogen functional groups attached to an aromatic ring is 1. The molecule has 0 unspecified atom stereocenters. The van der Waals surface area contributed by atoms with Crippen molar-refractivity contribution in [1.82, 2.24) is 19.9 Å². The zero-order valence-electron chi connectivity index (χ0n) is 18.9. The summed E-state index contributed by atoms with van der Waals surface area (Å²) >= 11 is 0. The lowest BCUT2D eigenvalue weighted by molar-refractivity contribution is 0.0953. The number of benzene rings is 3. The summed E-state index contributed by atoms with van der Waals surface area (Å²) in [7, 11) is 0. The highest BCUT2D eigenvalue weighted by Gasteiger charge is 2.26. The van der Waals surface area contributed by atoms with Crippen molar-refractivity contribution in [2.75, 3.05) is 19.3 Å². The van der Waals surface area contributed by atoms with E-state index >= 15 is 0 Å². The van der Waals surface area contributed by atoms with Crippen molar-refractivity contribution in [3.8, 4) is 28.7 Å². The Bertz CT molecular complexity index is 1700. The number of carbonyl (C=O) groups excluding carboxylic acids is 1. The number of nitrogens with two attached hydrogens (primary N) is 1. The molecule has 178 valence electrons. The van der Waals surface area contributed by atoms with Gasteiger partial charge in [0.05, 0.1) is 16.7 Å². The molecule has 4 heterocycles. The lowest BCUT2D eigenvalue weighted by Crippen LogP contribution is -2.24. The highest BCUT2D eigenvalue weighted by molar-refractivity contribution is 6.11. The minimum Gasteiger partial charge on any atom is -0.454 e. The zero-order valence-corrected chi connectivity index (χ0v) is 18.9. The number of para-hydroxylation sites is 2. The fourth-order valence-electron chi connectivity index (χ4n) is 4.49. The lowest BCUT2D eigenvalue weighted by atomic mass is 10.2. The molecule has 0 saturated heterocycles. The minimum atomic E-state index is -0.362. The van der Waals surface area contributed by atoms with Gasteiger partial charge in [-0.15, -0.1) is 0 Å². The van der Waals surface area contributed by atoms with E-state index in [0.717, 1.165) is 5.56 Å². The number of rotatable bonds is 4. The monoisotopic (exact) mass is 481 g/mol. The van der Waals surface area contributed by atoms with E-state index in [9.17, 15) is 4.79 Å². The first-order valence-corrected chi connectivity index (χ1v) is 11.3. The lowest BCUT2D eigenvalue weighted by Gasteiger charge is -2.09. The highest BCUT2D eigenvalue weighted by Crippen LogP contribution is 2.37. The Kier molecular flexibility index (Phi) is 4.40. The van der Waals surface area contributed by atoms with Crippen LogP contribution in [0, 0.1) is 0 Å². The van der Waals surface area contributed by atoms with Gasteiger partial charge in [-0.2, -0.15) is 0 Å². The molecule has 2 aromatic heterocycles. The van der Waals surface area contributed by atoms with E-state index in [1.165, 1.54) is 0 Å². The van der Waals surface area contributed by atoms with E-state index in [4.69, 9.17) is 34.6 Å². The predicted molar refractivity (Wildman–Crippen MR) is 131 cm³/mol. The van der Waals surface area contributed by atoms with Gasteiger partial charge in [0.2, 0.25) is 13.6 Å². The average molecular weight is 481 g/mol. The molecule has 0 saturated carbocycles. The largest absolute Gasteiger partial charge is 0.454 e. The molecule has 0 atom stereocenters. The molecule has 0 bridgehead atoms. The minimum absolute atomic E-state index is 0.151. The van der Waals surface area contributed by atoms with Gasteiger partial charge in [0.25, 0.3) is 5.91 Å². The molecular formula is C26H19N5O5. The first-order chi connectivity index (χ1) is 17.7. The molecule has 36 heavy (non-hydrogen) atoms. The Balaban J connectivity index is 1.33. The molecule has 0 radical (unpaired) electrons. The van der Waals surface area contributed by atoms with Crippen molar-refractivity contribution in [1.29, 1.82) is 0 Å². The summed E-state index contributed by atoms with van der Waals surface area (Å²) in [4.78, 5) is 23.1. The van der Waals surface area contributed by atoms with E-state index in [-0.39, 0.29) is 37.4 Å². The van der Waals surface area contributed by atoms with Gasteiger partial charge < -0.3 is 30.0 Å². The predicted octanol–water partition coefficient (Wildman–Crippen LogP) is 3.54. The number of nitrogens with zero attached hydrogens (tertiary/aromatic N) is 3. The number of aromatic nitrogens is 3. The van der Waals surface area contributed by atoms with Gasteiger partial charge in [-0.1, -0.05) is 18.2 Å². The molecule has 0 fully saturated rings. The molecule has 2 aliphatic heterocycles. The van der Waals surface area contributed by atoms with Crippen LogP contribution < -0.4 is 30.0 Å². The van der Waals surface area contributed by atoms with Crippen molar-refractivity contribution in [3.63, 3.8) is 0 Å². The van der Waals surface area contributed by atoms with Crippen LogP contribution in [0.3, 0.4) is 0 Å². The number of carbonyl (C=O) groups is 1. The molecule has 10 nitrogen and oxygen atoms in total. The van der Waals surface area contributed by atoms with Crippen LogP contribution in [0.5, 0.6) is 23.0 Å². The number of ether oxygens (including phenoxy) is 4. The number of fused-ring (bicyclic) bond motifs is 4. The summed E-state index contributed by atoms with van der Waals surface area (Å²) in [6.45, 7) is 0.610. The van der Waals surface area contributed by atoms with Crippen LogP contribution in [0.15, 0.2) is 60.7 Å². The topological polar surface area (TPSA) is 123 Å². The van der Waals surface area contributed by atoms with Crippen LogP contribution in [-0.2, 0) is 6.54 Å². The number of amides is 1. The molecule has 1 amide bonds. The van der Waals surface area contributed by atoms with Crippen molar-refractivity contribution in [3.05, 3.63) is 71.8 Å². The van der Waals surface area contributed by atoms with Crippen molar-refractivity contribution >= 4 is 33.9 Å². The van der Waals surface area contributed by atoms with Crippen LogP contribution in [0.4, 0.5) is 5.82 Å². The van der Waals surface area contributed by atoms with Crippen LogP contribution in [0.25, 0.3) is 27.9 Å². The van der Waals surface area contributed by atoms with Gasteiger partial charge in [-0.25, -0.2) is 9.97 Å². The fraction of sp³-hybridized carbons (Fsp3) is 0.115. The molecule has 3 N–H and O–H groups in total. The summed E-state index contributed by atoms with van der Waals surface area (Å²) in [5.74, 6) is 2.44. The molecular weight excluding hydrogens is 462 g/mol. The summed E-state index contributed by atoms with van der Waals surface area (Å²) in [6, 6.07) is 18.5. The first kappa shape index (κ1) is 20.4. The van der Waals surface area contributed by atoms with E-state index in [0.29, 0.717) is 50.9 Å². The molecule has 5 aromatic rings. The van der Waals surface area contributed by atoms with Crippen molar-refractivity contribution in [2.45, 2.75) is 6.54 Å². The van der Waals surface area contributed by atoms with Gasteiger partial charge in [-0.3, -0.25) is 9.36 Å². The van der Waals surface area contributed by atoms with E-state index in [2.05, 4.69) is 5.32 Å². The Hall–Kier alpha value is -4.99. The van der Waals surface area contributed by atoms with Crippen LogP contribution in [-0.4, -0.2) is 34.0 Å². The Morgan fingerprint density at radius 3 is 2.31 bits per heavy atom. The number of hydrogen-bond acceptors (Lipinski definition) is 8. The van der Waals surface area contributed by atoms with Gasteiger partial charge in [0, 0.05) is 12.6 Å². The van der Waals surface area contributed by atoms with Gasteiger partial charge in [-0.05, 0) is 42.0 Å². The first-order valence-electron chi connectivity index (χ1n) is 11.3. The Labute approximate surface area is 204 Å². The third-order valence-corrected chi connectivity index (χ3v) is 6.23. The van der Waals surface area contributed by atoms with Crippen LogP contribution in [0.1, 0.15) is 15.9 Å². The summed E-state index contributed by atoms with van der Waals surface area (Å²) in [5.41, 5.74) is 10.6. The fourth-order valence-corrected chi connectivity index (χ4v) is 4.49. The number of anilines is 1. The normalized spacial score (nSPS) is 13.4. The van der Waals surface area contributed by atoms with Crippen molar-refractivity contribution < 1.29 is 23.7 Å². The third kappa shape index (κ3) is 3.15. The molecule has 0 spiro atoms. The average Bonchev–Trinajstić information content (AvgIpc) is 3.62. The van der Waals surface area contributed by atoms with Gasteiger partial charge in [0.15, 0.2) is 28.6 Å². The van der Waals surface area contributed by atoms with E-state index in [1.807, 2.05) is 54.6 Å². The summed E-state index contributed by atoms with van der Waals surface area (Å²) in [5, 5.41) is 2.95.